The van der Waals surface area contributed by atoms with Crippen LogP contribution >= 0.6 is 0 Å². The molecule has 8 heteroatoms. The number of halogens is 2. The van der Waals surface area contributed by atoms with Gasteiger partial charge in [-0.05, 0) is 42.7 Å². The first-order valence-electron chi connectivity index (χ1n) is 10.7. The van der Waals surface area contributed by atoms with Gasteiger partial charge in [-0.2, -0.15) is 0 Å². The number of hydrogen-bond acceptors (Lipinski definition) is 5. The number of piperidine rings is 1. The number of ether oxygens (including phenoxy) is 1. The maximum Gasteiger partial charge on any atom is 0.191 e. The van der Waals surface area contributed by atoms with E-state index >= 15 is 0 Å². The summed E-state index contributed by atoms with van der Waals surface area (Å²) in [5.74, 6) is -0.573. The monoisotopic (exact) mass is 437 g/mol. The van der Waals surface area contributed by atoms with Crippen molar-refractivity contribution in [3.05, 3.63) is 71.8 Å². The zero-order valence-electron chi connectivity index (χ0n) is 17.7. The van der Waals surface area contributed by atoms with Crippen LogP contribution in [-0.4, -0.2) is 48.1 Å². The second kappa shape index (κ2) is 8.37. The number of hydrogen-bond donors (Lipinski definition) is 3. The zero-order chi connectivity index (χ0) is 22.2. The predicted octanol–water partition coefficient (Wildman–Crippen LogP) is 3.70. The van der Waals surface area contributed by atoms with Crippen LogP contribution in [0.1, 0.15) is 18.4 Å². The van der Waals surface area contributed by atoms with Crippen LogP contribution in [0.15, 0.2) is 59.5 Å². The van der Waals surface area contributed by atoms with Crippen LogP contribution in [0, 0.1) is 11.6 Å². The van der Waals surface area contributed by atoms with Gasteiger partial charge in [0.15, 0.2) is 12.2 Å². The predicted molar refractivity (Wildman–Crippen MR) is 121 cm³/mol. The van der Waals surface area contributed by atoms with Gasteiger partial charge >= 0.3 is 0 Å². The maximum absolute atomic E-state index is 14.4. The van der Waals surface area contributed by atoms with Gasteiger partial charge in [-0.1, -0.05) is 12.1 Å². The van der Waals surface area contributed by atoms with E-state index < -0.39 is 11.6 Å². The Morgan fingerprint density at radius 3 is 2.59 bits per heavy atom. The Hall–Kier alpha value is -3.23. The summed E-state index contributed by atoms with van der Waals surface area (Å²) in [6.45, 7) is 1.69. The third-order valence-electron chi connectivity index (χ3n) is 6.15. The van der Waals surface area contributed by atoms with E-state index in [4.69, 9.17) is 15.5 Å². The lowest BCUT2D eigenvalue weighted by atomic mass is 10.00. The summed E-state index contributed by atoms with van der Waals surface area (Å²) in [5.41, 5.74) is 8.92. The average molecular weight is 437 g/mol. The fraction of sp³-hybridized carbons (Fsp3) is 0.292. The third-order valence-corrected chi connectivity index (χ3v) is 6.15. The number of allylic oxidation sites excluding steroid dienone is 1. The number of benzene rings is 2. The maximum atomic E-state index is 14.4. The van der Waals surface area contributed by atoms with Gasteiger partial charge in [-0.25, -0.2) is 13.8 Å². The quantitative estimate of drug-likeness (QED) is 0.582. The molecule has 5 rings (SSSR count). The van der Waals surface area contributed by atoms with Crippen molar-refractivity contribution in [3.8, 4) is 11.1 Å². The van der Waals surface area contributed by atoms with Crippen LogP contribution < -0.4 is 11.1 Å². The van der Waals surface area contributed by atoms with Gasteiger partial charge < -0.3 is 20.8 Å². The average Bonchev–Trinajstić information content (AvgIpc) is 3.22. The van der Waals surface area contributed by atoms with E-state index in [1.807, 2.05) is 18.3 Å². The minimum absolute atomic E-state index is 0.0375. The number of nitrogens with two attached hydrogens (primary N) is 1. The van der Waals surface area contributed by atoms with E-state index in [0.29, 0.717) is 11.4 Å². The number of aromatic amines is 1. The number of rotatable bonds is 4. The number of methoxy groups -OCH3 is 1. The van der Waals surface area contributed by atoms with E-state index in [0.717, 1.165) is 48.1 Å². The lowest BCUT2D eigenvalue weighted by molar-refractivity contribution is 0.118. The molecule has 32 heavy (non-hydrogen) atoms. The van der Waals surface area contributed by atoms with Gasteiger partial charge in [-0.3, -0.25) is 4.90 Å². The number of nitrogens with zero attached hydrogens (tertiary/aromatic N) is 2. The molecule has 4 N–H and O–H groups in total. The number of aliphatic imine (C=N–C) groups is 1. The second-order valence-electron chi connectivity index (χ2n) is 8.18. The third kappa shape index (κ3) is 3.76. The van der Waals surface area contributed by atoms with Crippen molar-refractivity contribution in [2.45, 2.75) is 25.2 Å². The summed E-state index contributed by atoms with van der Waals surface area (Å²) < 4.78 is 34.3. The topological polar surface area (TPSA) is 78.7 Å². The summed E-state index contributed by atoms with van der Waals surface area (Å²) in [6.07, 6.45) is 5.27. The Kier molecular flexibility index (Phi) is 5.40. The summed E-state index contributed by atoms with van der Waals surface area (Å²) in [7, 11) is 1.61. The molecule has 0 radical (unpaired) electrons. The van der Waals surface area contributed by atoms with Gasteiger partial charge in [0.05, 0.1) is 18.4 Å². The molecule has 2 aromatic carbocycles. The Morgan fingerprint density at radius 1 is 1.12 bits per heavy atom. The largest absolute Gasteiger partial charge is 0.482 e. The highest BCUT2D eigenvalue weighted by molar-refractivity contribution is 6.17. The lowest BCUT2D eigenvalue weighted by Gasteiger charge is -2.36. The molecule has 0 aliphatic carbocycles. The first-order valence-corrected chi connectivity index (χ1v) is 10.7. The Labute approximate surface area is 184 Å². The van der Waals surface area contributed by atoms with Crippen molar-refractivity contribution in [1.29, 1.82) is 0 Å². The molecule has 2 aliphatic rings. The van der Waals surface area contributed by atoms with Crippen LogP contribution in [-0.2, 0) is 4.74 Å². The molecule has 0 saturated carbocycles. The van der Waals surface area contributed by atoms with Crippen molar-refractivity contribution in [1.82, 2.24) is 15.2 Å². The molecular formula is C24H25F2N5O. The molecule has 1 unspecified atom stereocenters. The number of fused-ring (bicyclic) bond motifs is 1. The number of H-pyrrole nitrogens is 1. The highest BCUT2D eigenvalue weighted by Gasteiger charge is 2.27. The van der Waals surface area contributed by atoms with E-state index in [1.54, 1.807) is 19.2 Å². The first-order chi connectivity index (χ1) is 15.5. The van der Waals surface area contributed by atoms with Crippen LogP contribution in [0.5, 0.6) is 0 Å². The molecule has 3 aromatic rings. The SMILES string of the molecule is COC1=CC(c2c[nH]c3ccc(-c4c(F)cccc4F)cc23)=NC(N2CCC(N)CC2)N1. The normalized spacial score (nSPS) is 20.1. The molecule has 6 nitrogen and oxygen atoms in total. The minimum atomic E-state index is -0.592. The van der Waals surface area contributed by atoms with E-state index in [1.165, 1.54) is 18.2 Å². The molecule has 1 fully saturated rings. The fourth-order valence-corrected chi connectivity index (χ4v) is 4.36. The highest BCUT2D eigenvalue weighted by Crippen LogP contribution is 2.31. The number of aromatic nitrogens is 1. The van der Waals surface area contributed by atoms with Crippen molar-refractivity contribution < 1.29 is 13.5 Å². The van der Waals surface area contributed by atoms with Gasteiger partial charge in [0.2, 0.25) is 0 Å². The summed E-state index contributed by atoms with van der Waals surface area (Å²) in [6, 6.07) is 9.45. The standard InChI is InChI=1S/C24H25F2N5O/c1-32-22-12-21(29-24(30-22)31-9-7-15(27)8-10-31)17-13-28-20-6-5-14(11-16(17)20)23-18(25)3-2-4-19(23)26/h2-6,11-13,15,24,28,30H,7-10,27H2,1H3. The van der Waals surface area contributed by atoms with Crippen LogP contribution in [0.25, 0.3) is 22.0 Å². The molecule has 0 spiro atoms. The first kappa shape index (κ1) is 20.7. The van der Waals surface area contributed by atoms with Gasteiger partial charge in [0.25, 0.3) is 0 Å². The summed E-state index contributed by atoms with van der Waals surface area (Å²) in [4.78, 5) is 10.4. The highest BCUT2D eigenvalue weighted by atomic mass is 19.1. The van der Waals surface area contributed by atoms with Crippen molar-refractivity contribution in [2.24, 2.45) is 10.7 Å². The molecule has 2 aliphatic heterocycles. The molecule has 1 aromatic heterocycles. The molecule has 3 heterocycles. The second-order valence-corrected chi connectivity index (χ2v) is 8.18. The van der Waals surface area contributed by atoms with E-state index in [9.17, 15) is 8.78 Å². The fourth-order valence-electron chi connectivity index (χ4n) is 4.36. The van der Waals surface area contributed by atoms with Crippen LogP contribution in [0.2, 0.25) is 0 Å². The molecule has 0 bridgehead atoms. The van der Waals surface area contributed by atoms with Gasteiger partial charge in [-0.15, -0.1) is 0 Å². The minimum Gasteiger partial charge on any atom is -0.482 e. The van der Waals surface area contributed by atoms with Crippen LogP contribution in [0.3, 0.4) is 0 Å². The van der Waals surface area contributed by atoms with Crippen molar-refractivity contribution >= 4 is 16.6 Å². The lowest BCUT2D eigenvalue weighted by Crippen LogP contribution is -2.51. The van der Waals surface area contributed by atoms with Crippen molar-refractivity contribution in [3.63, 3.8) is 0 Å². The number of likely N-dealkylation sites (tertiary alicyclic amines) is 1. The Morgan fingerprint density at radius 2 is 1.88 bits per heavy atom. The van der Waals surface area contributed by atoms with Crippen LogP contribution in [0.4, 0.5) is 8.78 Å². The smallest absolute Gasteiger partial charge is 0.191 e. The Bertz CT molecular complexity index is 1190. The molecule has 0 amide bonds. The Balaban J connectivity index is 1.56. The number of nitrogens with one attached hydrogen (secondary N) is 2. The van der Waals surface area contributed by atoms with E-state index in [2.05, 4.69) is 15.2 Å². The molecule has 166 valence electrons. The molecular weight excluding hydrogens is 412 g/mol. The van der Waals surface area contributed by atoms with Gasteiger partial charge in [0.1, 0.15) is 11.6 Å². The van der Waals surface area contributed by atoms with E-state index in [-0.39, 0.29) is 17.9 Å². The summed E-state index contributed by atoms with van der Waals surface area (Å²) >= 11 is 0. The van der Waals surface area contributed by atoms with Crippen molar-refractivity contribution in [2.75, 3.05) is 20.2 Å². The zero-order valence-corrected chi connectivity index (χ0v) is 17.7. The molecule has 1 saturated heterocycles. The molecule has 1 atom stereocenters. The van der Waals surface area contributed by atoms with Gasteiger partial charge in [0, 0.05) is 47.9 Å². The summed E-state index contributed by atoms with van der Waals surface area (Å²) in [5, 5.41) is 4.14.